The van der Waals surface area contributed by atoms with E-state index >= 15 is 0 Å². The second-order valence-corrected chi connectivity index (χ2v) is 4.85. The van der Waals surface area contributed by atoms with E-state index in [0.717, 1.165) is 10.0 Å². The Hall–Kier alpha value is -1.39. The van der Waals surface area contributed by atoms with E-state index in [4.69, 9.17) is 9.84 Å². The first kappa shape index (κ1) is 13.1. The summed E-state index contributed by atoms with van der Waals surface area (Å²) in [6, 6.07) is 9.98. The summed E-state index contributed by atoms with van der Waals surface area (Å²) in [6.45, 7) is 1.70. The van der Waals surface area contributed by atoms with Gasteiger partial charge in [-0.3, -0.25) is 0 Å². The van der Waals surface area contributed by atoms with E-state index in [-0.39, 0.29) is 12.4 Å². The number of benzene rings is 2. The van der Waals surface area contributed by atoms with E-state index in [2.05, 4.69) is 15.9 Å². The molecule has 0 spiro atoms. The fraction of sp³-hybridized carbons (Fsp3) is 0.143. The van der Waals surface area contributed by atoms with Gasteiger partial charge >= 0.3 is 0 Å². The highest BCUT2D eigenvalue weighted by Gasteiger charge is 2.08. The zero-order chi connectivity index (χ0) is 13.1. The van der Waals surface area contributed by atoms with Crippen LogP contribution in [0.5, 0.6) is 11.5 Å². The first-order valence-corrected chi connectivity index (χ1v) is 6.23. The van der Waals surface area contributed by atoms with Crippen molar-refractivity contribution in [3.8, 4) is 11.5 Å². The molecular weight excluding hydrogens is 299 g/mol. The largest absolute Gasteiger partial charge is 0.454 e. The molecule has 0 aliphatic heterocycles. The second-order valence-electron chi connectivity index (χ2n) is 3.93. The molecule has 0 saturated carbocycles. The molecule has 0 atom stereocenters. The fourth-order valence-electron chi connectivity index (χ4n) is 1.53. The minimum Gasteiger partial charge on any atom is -0.454 e. The van der Waals surface area contributed by atoms with Crippen LogP contribution in [0, 0.1) is 12.7 Å². The maximum absolute atomic E-state index is 13.7. The molecule has 2 aromatic rings. The van der Waals surface area contributed by atoms with E-state index in [1.807, 2.05) is 19.1 Å². The van der Waals surface area contributed by atoms with Crippen LogP contribution in [0.15, 0.2) is 40.9 Å². The molecule has 0 heterocycles. The van der Waals surface area contributed by atoms with Gasteiger partial charge in [-0.2, -0.15) is 0 Å². The van der Waals surface area contributed by atoms with Crippen molar-refractivity contribution in [3.63, 3.8) is 0 Å². The molecule has 2 rings (SSSR count). The van der Waals surface area contributed by atoms with E-state index in [1.54, 1.807) is 12.1 Å². The number of hydrogen-bond acceptors (Lipinski definition) is 2. The lowest BCUT2D eigenvalue weighted by Gasteiger charge is -2.10. The average Bonchev–Trinajstić information content (AvgIpc) is 2.36. The maximum atomic E-state index is 13.7. The first-order valence-electron chi connectivity index (χ1n) is 5.43. The number of ether oxygens (including phenoxy) is 1. The van der Waals surface area contributed by atoms with Gasteiger partial charge in [0.25, 0.3) is 0 Å². The normalized spacial score (nSPS) is 10.4. The summed E-state index contributed by atoms with van der Waals surface area (Å²) >= 11 is 3.34. The molecule has 2 aromatic carbocycles. The van der Waals surface area contributed by atoms with Gasteiger partial charge in [0.05, 0.1) is 6.61 Å². The number of rotatable bonds is 3. The Balaban J connectivity index is 2.31. The highest BCUT2D eigenvalue weighted by Crippen LogP contribution is 2.30. The van der Waals surface area contributed by atoms with Crippen LogP contribution in [-0.2, 0) is 6.61 Å². The Labute approximate surface area is 113 Å². The minimum absolute atomic E-state index is 0.147. The van der Waals surface area contributed by atoms with E-state index in [0.29, 0.717) is 11.3 Å². The molecule has 18 heavy (non-hydrogen) atoms. The standard InChI is InChI=1S/C14H12BrFO2/c1-9-2-4-11(15)7-14(9)18-13-5-3-10(8-17)6-12(13)16/h2-7,17H,8H2,1H3. The summed E-state index contributed by atoms with van der Waals surface area (Å²) in [4.78, 5) is 0. The van der Waals surface area contributed by atoms with Gasteiger partial charge in [0.1, 0.15) is 5.75 Å². The van der Waals surface area contributed by atoms with Crippen molar-refractivity contribution in [1.82, 2.24) is 0 Å². The van der Waals surface area contributed by atoms with Crippen molar-refractivity contribution in [2.45, 2.75) is 13.5 Å². The third kappa shape index (κ3) is 2.89. The highest BCUT2D eigenvalue weighted by atomic mass is 79.9. The lowest BCUT2D eigenvalue weighted by molar-refractivity contribution is 0.281. The molecule has 0 aliphatic carbocycles. The van der Waals surface area contributed by atoms with Gasteiger partial charge in [-0.1, -0.05) is 28.1 Å². The first-order chi connectivity index (χ1) is 8.60. The van der Waals surface area contributed by atoms with Crippen LogP contribution < -0.4 is 4.74 Å². The summed E-state index contributed by atoms with van der Waals surface area (Å²) in [5.74, 6) is 0.259. The van der Waals surface area contributed by atoms with Crippen LogP contribution in [0.3, 0.4) is 0 Å². The molecule has 1 N–H and O–H groups in total. The van der Waals surface area contributed by atoms with Gasteiger partial charge in [-0.15, -0.1) is 0 Å². The van der Waals surface area contributed by atoms with E-state index in [9.17, 15) is 4.39 Å². The SMILES string of the molecule is Cc1ccc(Br)cc1Oc1ccc(CO)cc1F. The molecule has 0 radical (unpaired) electrons. The molecule has 0 amide bonds. The summed E-state index contributed by atoms with van der Waals surface area (Å²) in [7, 11) is 0. The number of aryl methyl sites for hydroxylation is 1. The number of aliphatic hydroxyl groups excluding tert-OH is 1. The monoisotopic (exact) mass is 310 g/mol. The van der Waals surface area contributed by atoms with Crippen molar-refractivity contribution >= 4 is 15.9 Å². The highest BCUT2D eigenvalue weighted by molar-refractivity contribution is 9.10. The third-order valence-corrected chi connectivity index (χ3v) is 3.04. The molecule has 0 bridgehead atoms. The van der Waals surface area contributed by atoms with Gasteiger partial charge in [0, 0.05) is 4.47 Å². The molecule has 94 valence electrons. The lowest BCUT2D eigenvalue weighted by atomic mass is 10.2. The third-order valence-electron chi connectivity index (χ3n) is 2.55. The fourth-order valence-corrected chi connectivity index (χ4v) is 1.87. The van der Waals surface area contributed by atoms with Crippen molar-refractivity contribution in [2.24, 2.45) is 0 Å². The van der Waals surface area contributed by atoms with Crippen LogP contribution >= 0.6 is 15.9 Å². The molecule has 0 fully saturated rings. The number of hydrogen-bond donors (Lipinski definition) is 1. The molecule has 0 aliphatic rings. The lowest BCUT2D eigenvalue weighted by Crippen LogP contribution is -1.92. The Morgan fingerprint density at radius 3 is 2.61 bits per heavy atom. The van der Waals surface area contributed by atoms with E-state index in [1.165, 1.54) is 12.1 Å². The zero-order valence-corrected chi connectivity index (χ0v) is 11.4. The number of halogens is 2. The van der Waals surface area contributed by atoms with Crippen molar-refractivity contribution in [3.05, 3.63) is 57.8 Å². The van der Waals surface area contributed by atoms with Crippen molar-refractivity contribution < 1.29 is 14.2 Å². The Kier molecular flexibility index (Phi) is 3.99. The van der Waals surface area contributed by atoms with Crippen LogP contribution in [-0.4, -0.2) is 5.11 Å². The summed E-state index contributed by atoms with van der Waals surface area (Å²) in [5, 5.41) is 8.91. The van der Waals surface area contributed by atoms with Crippen molar-refractivity contribution in [2.75, 3.05) is 0 Å². The van der Waals surface area contributed by atoms with Crippen molar-refractivity contribution in [1.29, 1.82) is 0 Å². The Morgan fingerprint density at radius 2 is 1.94 bits per heavy atom. The summed E-state index contributed by atoms with van der Waals surface area (Å²) < 4.78 is 20.1. The smallest absolute Gasteiger partial charge is 0.166 e. The van der Waals surface area contributed by atoms with Crippen LogP contribution in [0.25, 0.3) is 0 Å². The molecule has 2 nitrogen and oxygen atoms in total. The minimum atomic E-state index is -0.485. The van der Waals surface area contributed by atoms with Gasteiger partial charge in [-0.05, 0) is 42.3 Å². The Morgan fingerprint density at radius 1 is 1.17 bits per heavy atom. The maximum Gasteiger partial charge on any atom is 0.166 e. The van der Waals surface area contributed by atoms with Gasteiger partial charge in [0.15, 0.2) is 11.6 Å². The summed E-state index contributed by atoms with van der Waals surface area (Å²) in [6.07, 6.45) is 0. The molecule has 4 heteroatoms. The molecule has 0 unspecified atom stereocenters. The predicted octanol–water partition coefficient (Wildman–Crippen LogP) is 4.18. The van der Waals surface area contributed by atoms with Gasteiger partial charge < -0.3 is 9.84 Å². The van der Waals surface area contributed by atoms with Gasteiger partial charge in [-0.25, -0.2) is 4.39 Å². The van der Waals surface area contributed by atoms with Gasteiger partial charge in [0.2, 0.25) is 0 Å². The zero-order valence-electron chi connectivity index (χ0n) is 9.78. The van der Waals surface area contributed by atoms with Crippen LogP contribution in [0.4, 0.5) is 4.39 Å². The quantitative estimate of drug-likeness (QED) is 0.921. The van der Waals surface area contributed by atoms with Crippen LogP contribution in [0.1, 0.15) is 11.1 Å². The molecule has 0 aromatic heterocycles. The average molecular weight is 311 g/mol. The predicted molar refractivity (Wildman–Crippen MR) is 71.3 cm³/mol. The summed E-state index contributed by atoms with van der Waals surface area (Å²) in [5.41, 5.74) is 1.44. The topological polar surface area (TPSA) is 29.5 Å². The molecular formula is C14H12BrFO2. The van der Waals surface area contributed by atoms with Crippen LogP contribution in [0.2, 0.25) is 0 Å². The van der Waals surface area contributed by atoms with E-state index < -0.39 is 5.82 Å². The second kappa shape index (κ2) is 5.50. The number of aliphatic hydroxyl groups is 1. The Bertz CT molecular complexity index is 570. The molecule has 0 saturated heterocycles.